The molecule has 3 amide bonds. The largest absolute Gasteiger partial charge is 0.496 e. The van der Waals surface area contributed by atoms with Gasteiger partial charge in [0.2, 0.25) is 5.95 Å². The molecule has 252 valence electrons. The average Bonchev–Trinajstić information content (AvgIpc) is 3.41. The summed E-state index contributed by atoms with van der Waals surface area (Å²) in [5.74, 6) is 1.39. The molecule has 0 radical (unpaired) electrons. The fourth-order valence-corrected chi connectivity index (χ4v) is 5.99. The SMILES string of the molecule is COCCNc1nc2cc(C(=O)N3CC[C@H]4Oc5ccc(c(OC)c5)CNC(=O)COc5cc(ccc5C)C(=O)N[C@H]4C3)ccc2n1C. The lowest BCUT2D eigenvalue weighted by Crippen LogP contribution is -2.58. The Labute approximate surface area is 278 Å². The number of anilines is 1. The molecule has 2 atom stereocenters. The van der Waals surface area contributed by atoms with Crippen LogP contribution in [-0.2, 0) is 23.1 Å². The maximum atomic E-state index is 13.9. The Morgan fingerprint density at radius 2 is 1.96 bits per heavy atom. The zero-order valence-corrected chi connectivity index (χ0v) is 27.5. The Morgan fingerprint density at radius 3 is 2.77 bits per heavy atom. The number of rotatable bonds is 6. The van der Waals surface area contributed by atoms with Crippen molar-refractivity contribution in [2.24, 2.45) is 7.05 Å². The topological polar surface area (TPSA) is 145 Å². The van der Waals surface area contributed by atoms with Crippen LogP contribution >= 0.6 is 0 Å². The average molecular weight is 657 g/mol. The van der Waals surface area contributed by atoms with Crippen molar-refractivity contribution in [2.75, 3.05) is 52.4 Å². The highest BCUT2D eigenvalue weighted by Gasteiger charge is 2.35. The van der Waals surface area contributed by atoms with Gasteiger partial charge in [-0.2, -0.15) is 0 Å². The van der Waals surface area contributed by atoms with Gasteiger partial charge in [0.25, 0.3) is 17.7 Å². The van der Waals surface area contributed by atoms with E-state index in [1.807, 2.05) is 36.7 Å². The molecule has 1 aromatic heterocycles. The predicted octanol–water partition coefficient (Wildman–Crippen LogP) is 3.05. The summed E-state index contributed by atoms with van der Waals surface area (Å²) in [6, 6.07) is 15.5. The number of piperidine rings is 1. The van der Waals surface area contributed by atoms with Crippen LogP contribution in [0.1, 0.15) is 38.3 Å². The number of likely N-dealkylation sites (tertiary alicyclic amines) is 1. The predicted molar refractivity (Wildman–Crippen MR) is 179 cm³/mol. The van der Waals surface area contributed by atoms with E-state index in [9.17, 15) is 14.4 Å². The van der Waals surface area contributed by atoms with Gasteiger partial charge in [-0.25, -0.2) is 4.98 Å². The van der Waals surface area contributed by atoms with Crippen LogP contribution in [0.15, 0.2) is 54.6 Å². The second kappa shape index (κ2) is 14.2. The van der Waals surface area contributed by atoms with Crippen molar-refractivity contribution in [3.8, 4) is 17.2 Å². The molecule has 13 heteroatoms. The molecule has 0 aliphatic carbocycles. The number of carbonyl (C=O) groups is 3. The summed E-state index contributed by atoms with van der Waals surface area (Å²) >= 11 is 0. The number of imidazole rings is 1. The van der Waals surface area contributed by atoms with Gasteiger partial charge in [-0.05, 0) is 55.0 Å². The monoisotopic (exact) mass is 656 g/mol. The molecule has 0 unspecified atom stereocenters. The smallest absolute Gasteiger partial charge is 0.258 e. The number of amides is 3. The molecule has 3 aliphatic heterocycles. The highest BCUT2D eigenvalue weighted by Crippen LogP contribution is 2.29. The maximum absolute atomic E-state index is 13.9. The summed E-state index contributed by atoms with van der Waals surface area (Å²) in [7, 11) is 5.12. The van der Waals surface area contributed by atoms with Crippen LogP contribution in [0.3, 0.4) is 0 Å². The Bertz CT molecular complexity index is 1840. The molecule has 7 rings (SSSR count). The second-order valence-corrected chi connectivity index (χ2v) is 11.9. The summed E-state index contributed by atoms with van der Waals surface area (Å²) < 4.78 is 24.9. The van der Waals surface area contributed by atoms with E-state index in [2.05, 4.69) is 20.9 Å². The summed E-state index contributed by atoms with van der Waals surface area (Å²) in [6.07, 6.45) is 0.0301. The fraction of sp³-hybridized carbons (Fsp3) is 0.371. The molecule has 4 aromatic rings. The minimum atomic E-state index is -0.541. The van der Waals surface area contributed by atoms with Gasteiger partial charge in [-0.3, -0.25) is 14.4 Å². The van der Waals surface area contributed by atoms with Crippen molar-refractivity contribution in [1.82, 2.24) is 25.1 Å². The lowest BCUT2D eigenvalue weighted by atomic mass is 9.99. The fourth-order valence-electron chi connectivity index (χ4n) is 5.99. The number of aryl methyl sites for hydroxylation is 2. The zero-order chi connectivity index (χ0) is 33.8. The number of hydrogen-bond acceptors (Lipinski definition) is 9. The Morgan fingerprint density at radius 1 is 1.10 bits per heavy atom. The van der Waals surface area contributed by atoms with Gasteiger partial charge in [0.1, 0.15) is 23.4 Å². The highest BCUT2D eigenvalue weighted by atomic mass is 16.5. The van der Waals surface area contributed by atoms with Crippen molar-refractivity contribution in [2.45, 2.75) is 32.0 Å². The molecule has 48 heavy (non-hydrogen) atoms. The normalized spacial score (nSPS) is 18.2. The number of nitrogens with zero attached hydrogens (tertiary/aromatic N) is 3. The first-order valence-corrected chi connectivity index (χ1v) is 15.9. The molecule has 13 nitrogen and oxygen atoms in total. The molecule has 4 bridgehead atoms. The van der Waals surface area contributed by atoms with Gasteiger partial charge in [-0.1, -0.05) is 6.07 Å². The lowest BCUT2D eigenvalue weighted by Gasteiger charge is -2.39. The summed E-state index contributed by atoms with van der Waals surface area (Å²) in [5, 5.41) is 9.21. The van der Waals surface area contributed by atoms with E-state index < -0.39 is 12.1 Å². The second-order valence-electron chi connectivity index (χ2n) is 11.9. The van der Waals surface area contributed by atoms with Gasteiger partial charge in [-0.15, -0.1) is 0 Å². The number of aromatic nitrogens is 2. The lowest BCUT2D eigenvalue weighted by molar-refractivity contribution is -0.123. The molecule has 0 spiro atoms. The Balaban J connectivity index is 1.27. The summed E-state index contributed by atoms with van der Waals surface area (Å²) in [4.78, 5) is 46.5. The van der Waals surface area contributed by atoms with Gasteiger partial charge in [0.05, 0.1) is 30.8 Å². The molecule has 3 aliphatic rings. The maximum Gasteiger partial charge on any atom is 0.258 e. The van der Waals surface area contributed by atoms with E-state index in [4.69, 9.17) is 18.9 Å². The van der Waals surface area contributed by atoms with Crippen molar-refractivity contribution >= 4 is 34.7 Å². The van der Waals surface area contributed by atoms with Crippen molar-refractivity contribution in [1.29, 1.82) is 0 Å². The molecule has 3 aromatic carbocycles. The highest BCUT2D eigenvalue weighted by molar-refractivity contribution is 5.98. The van der Waals surface area contributed by atoms with Crippen LogP contribution in [0.5, 0.6) is 17.2 Å². The minimum Gasteiger partial charge on any atom is -0.496 e. The molecule has 3 N–H and O–H groups in total. The van der Waals surface area contributed by atoms with E-state index in [0.29, 0.717) is 66.0 Å². The molecule has 0 saturated carbocycles. The summed E-state index contributed by atoms with van der Waals surface area (Å²) in [6.45, 7) is 3.66. The van der Waals surface area contributed by atoms with Crippen LogP contribution in [0.2, 0.25) is 0 Å². The molecular formula is C35H40N6O7. The number of hydrogen-bond donors (Lipinski definition) is 3. The van der Waals surface area contributed by atoms with E-state index in [0.717, 1.165) is 16.6 Å². The van der Waals surface area contributed by atoms with Crippen molar-refractivity contribution < 1.29 is 33.3 Å². The first-order valence-electron chi connectivity index (χ1n) is 15.9. The number of methoxy groups -OCH3 is 2. The quantitative estimate of drug-likeness (QED) is 0.267. The third-order valence-electron chi connectivity index (χ3n) is 8.70. The Hall–Kier alpha value is -5.30. The van der Waals surface area contributed by atoms with Crippen LogP contribution in [0, 0.1) is 6.92 Å². The molecule has 1 fully saturated rings. The van der Waals surface area contributed by atoms with Crippen LogP contribution in [0.25, 0.3) is 11.0 Å². The van der Waals surface area contributed by atoms with Gasteiger partial charge >= 0.3 is 0 Å². The van der Waals surface area contributed by atoms with Crippen molar-refractivity contribution in [3.63, 3.8) is 0 Å². The van der Waals surface area contributed by atoms with Crippen LogP contribution in [-0.4, -0.2) is 91.4 Å². The molecule has 1 saturated heterocycles. The standard InChI is InChI=1S/C35H40N6O7/c1-21-5-6-22-16-30(21)47-20-32(42)37-18-24-7-9-25(17-31(24)46-4)48-29-11-13-41(19-27(29)38-33(22)43)34(44)23-8-10-28-26(15-23)39-35(40(28)2)36-12-14-45-3/h5-10,15-17,27,29H,11-14,18-20H2,1-4H3,(H,36,39)(H,37,42)(H,38,43)/t27-,29+/m0/s1. The van der Waals surface area contributed by atoms with Gasteiger partial charge < -0.3 is 44.4 Å². The number of carbonyl (C=O) groups excluding carboxylic acids is 3. The van der Waals surface area contributed by atoms with Gasteiger partial charge in [0, 0.05) is 69.5 Å². The van der Waals surface area contributed by atoms with E-state index in [1.165, 1.54) is 0 Å². The molecule has 4 heterocycles. The number of ether oxygens (including phenoxy) is 4. The minimum absolute atomic E-state index is 0.165. The van der Waals surface area contributed by atoms with E-state index >= 15 is 0 Å². The molecular weight excluding hydrogens is 616 g/mol. The zero-order valence-electron chi connectivity index (χ0n) is 27.5. The third-order valence-corrected chi connectivity index (χ3v) is 8.70. The number of benzene rings is 3. The first kappa shape index (κ1) is 32.6. The Kier molecular flexibility index (Phi) is 9.67. The van der Waals surface area contributed by atoms with Crippen LogP contribution in [0.4, 0.5) is 5.95 Å². The van der Waals surface area contributed by atoms with Gasteiger partial charge in [0.15, 0.2) is 6.61 Å². The first-order chi connectivity index (χ1) is 23.2. The van der Waals surface area contributed by atoms with E-state index in [1.54, 1.807) is 55.5 Å². The van der Waals surface area contributed by atoms with E-state index in [-0.39, 0.29) is 37.4 Å². The van der Waals surface area contributed by atoms with Crippen LogP contribution < -0.4 is 30.2 Å². The van der Waals surface area contributed by atoms with Crippen molar-refractivity contribution in [3.05, 3.63) is 76.9 Å². The summed E-state index contributed by atoms with van der Waals surface area (Å²) in [5.41, 5.74) is 4.01. The number of nitrogens with one attached hydrogen (secondary N) is 3. The number of fused-ring (bicyclic) bond motifs is 8. The third kappa shape index (κ3) is 7.00.